The van der Waals surface area contributed by atoms with Gasteiger partial charge in [0.2, 0.25) is 16.8 Å². The van der Waals surface area contributed by atoms with E-state index >= 15 is 0 Å². The molecule has 0 fully saturated rings. The predicted molar refractivity (Wildman–Crippen MR) is 90.3 cm³/mol. The van der Waals surface area contributed by atoms with Crippen molar-refractivity contribution >= 4 is 28.2 Å². The molecule has 0 bridgehead atoms. The molecule has 0 aliphatic carbocycles. The van der Waals surface area contributed by atoms with Crippen LogP contribution >= 0.6 is 0 Å². The lowest BCUT2D eigenvalue weighted by Gasteiger charge is -2.17. The molecular weight excluding hydrogens is 330 g/mol. The van der Waals surface area contributed by atoms with E-state index in [0.717, 1.165) is 11.3 Å². The van der Waals surface area contributed by atoms with Gasteiger partial charge in [0.25, 0.3) is 0 Å². The molecule has 1 atom stereocenters. The van der Waals surface area contributed by atoms with Crippen molar-refractivity contribution in [3.05, 3.63) is 54.0 Å². The van der Waals surface area contributed by atoms with Crippen LogP contribution in [0.3, 0.4) is 0 Å². The molecule has 2 heterocycles. The number of thiol groups is 1. The van der Waals surface area contributed by atoms with Crippen molar-refractivity contribution in [2.45, 2.75) is 19.4 Å². The number of furan rings is 1. The average molecular weight is 347 g/mol. The molecule has 8 heteroatoms. The Hall–Kier alpha value is -2.61. The Labute approximate surface area is 141 Å². The van der Waals surface area contributed by atoms with Gasteiger partial charge in [-0.05, 0) is 29.8 Å². The molecular formula is C16H17N3O4S. The van der Waals surface area contributed by atoms with Gasteiger partial charge in [0.1, 0.15) is 11.8 Å². The summed E-state index contributed by atoms with van der Waals surface area (Å²) in [4.78, 5) is 11.9. The van der Waals surface area contributed by atoms with Gasteiger partial charge >= 0.3 is 0 Å². The molecule has 3 rings (SSSR count). The molecule has 0 N–H and O–H groups in total. The van der Waals surface area contributed by atoms with Gasteiger partial charge in [0.15, 0.2) is 0 Å². The molecule has 0 saturated carbocycles. The molecule has 7 nitrogen and oxygen atoms in total. The van der Waals surface area contributed by atoms with Crippen LogP contribution in [0.2, 0.25) is 0 Å². The van der Waals surface area contributed by atoms with Crippen LogP contribution in [-0.2, 0) is 15.7 Å². The normalized spacial score (nSPS) is 17.2. The summed E-state index contributed by atoms with van der Waals surface area (Å²) in [5.74, 6) is 0.523. The van der Waals surface area contributed by atoms with Crippen molar-refractivity contribution in [1.29, 1.82) is 0 Å². The van der Waals surface area contributed by atoms with Crippen LogP contribution in [0.4, 0.5) is 5.69 Å². The van der Waals surface area contributed by atoms with Gasteiger partial charge in [-0.3, -0.25) is 9.10 Å². The highest BCUT2D eigenvalue weighted by molar-refractivity contribution is 7.74. The van der Waals surface area contributed by atoms with Crippen molar-refractivity contribution in [2.24, 2.45) is 5.10 Å². The number of carbonyl (C=O) groups excluding carboxylic acids is 1. The van der Waals surface area contributed by atoms with Gasteiger partial charge in [-0.25, -0.2) is 13.4 Å². The lowest BCUT2D eigenvalue weighted by molar-refractivity contribution is -0.130. The second-order valence-electron chi connectivity index (χ2n) is 5.45. The number of benzene rings is 1. The molecule has 2 aromatic rings. The summed E-state index contributed by atoms with van der Waals surface area (Å²) in [6.45, 7) is 1.46. The van der Waals surface area contributed by atoms with Gasteiger partial charge in [0, 0.05) is 20.4 Å². The molecule has 0 radical (unpaired) electrons. The highest BCUT2D eigenvalue weighted by Crippen LogP contribution is 2.33. The Morgan fingerprint density at radius 1 is 1.29 bits per heavy atom. The van der Waals surface area contributed by atoms with Gasteiger partial charge in [-0.1, -0.05) is 12.1 Å². The first-order valence-electron chi connectivity index (χ1n) is 7.36. The van der Waals surface area contributed by atoms with Gasteiger partial charge in [0.05, 0.1) is 17.7 Å². The minimum atomic E-state index is -2.67. The summed E-state index contributed by atoms with van der Waals surface area (Å²) in [7, 11) is -1.18. The Morgan fingerprint density at radius 2 is 2.00 bits per heavy atom. The third-order valence-electron chi connectivity index (χ3n) is 3.92. The quantitative estimate of drug-likeness (QED) is 0.857. The topological polar surface area (TPSA) is 83.2 Å². The summed E-state index contributed by atoms with van der Waals surface area (Å²) in [6.07, 6.45) is 2.11. The number of carbonyl (C=O) groups is 1. The van der Waals surface area contributed by atoms with Crippen molar-refractivity contribution in [3.8, 4) is 0 Å². The van der Waals surface area contributed by atoms with E-state index in [1.807, 2.05) is 6.07 Å². The Balaban J connectivity index is 1.87. The Bertz CT molecular complexity index is 833. The molecule has 126 valence electrons. The molecule has 24 heavy (non-hydrogen) atoms. The zero-order valence-electron chi connectivity index (χ0n) is 13.2. The first-order chi connectivity index (χ1) is 11.5. The third-order valence-corrected chi connectivity index (χ3v) is 4.64. The Morgan fingerprint density at radius 3 is 2.54 bits per heavy atom. The monoisotopic (exact) mass is 347 g/mol. The average Bonchev–Trinajstić information content (AvgIpc) is 3.23. The summed E-state index contributed by atoms with van der Waals surface area (Å²) in [5, 5.41) is 5.83. The minimum absolute atomic E-state index is 0.161. The zero-order chi connectivity index (χ0) is 17.3. The number of nitrogens with zero attached hydrogens (tertiary/aromatic N) is 3. The summed E-state index contributed by atoms with van der Waals surface area (Å²) in [6, 6.07) is 10.4. The third kappa shape index (κ3) is 3.05. The first kappa shape index (κ1) is 16.3. The second-order valence-corrected chi connectivity index (χ2v) is 6.53. The molecule has 1 aromatic carbocycles. The van der Waals surface area contributed by atoms with Crippen LogP contribution in [-0.4, -0.2) is 32.1 Å². The van der Waals surface area contributed by atoms with E-state index in [9.17, 15) is 13.2 Å². The highest BCUT2D eigenvalue weighted by Gasteiger charge is 2.33. The maximum atomic E-state index is 11.9. The summed E-state index contributed by atoms with van der Waals surface area (Å²) in [5.41, 5.74) is 2.17. The molecule has 0 saturated heterocycles. The summed E-state index contributed by atoms with van der Waals surface area (Å²) >= 11 is 0. The number of hydrogen-bond acceptors (Lipinski definition) is 5. The largest absolute Gasteiger partial charge is 0.467 e. The fraction of sp³-hybridized carbons (Fsp3) is 0.250. The maximum absolute atomic E-state index is 11.9. The number of rotatable bonds is 4. The van der Waals surface area contributed by atoms with Crippen LogP contribution in [0.25, 0.3) is 0 Å². The van der Waals surface area contributed by atoms with Gasteiger partial charge in [-0.2, -0.15) is 5.10 Å². The van der Waals surface area contributed by atoms with Crippen molar-refractivity contribution < 1.29 is 17.6 Å². The van der Waals surface area contributed by atoms with Crippen molar-refractivity contribution in [3.63, 3.8) is 0 Å². The maximum Gasteiger partial charge on any atom is 0.240 e. The summed E-state index contributed by atoms with van der Waals surface area (Å²) < 4.78 is 28.6. The number of amides is 1. The molecule has 1 unspecified atom stereocenters. The lowest BCUT2D eigenvalue weighted by atomic mass is 10.0. The SMILES string of the molecule is CC(=O)N1N=C(c2ccc(N(C)[SH](=O)=O)cc2)CC1c1ccco1. The van der Waals surface area contributed by atoms with Crippen LogP contribution in [0.5, 0.6) is 0 Å². The smallest absolute Gasteiger partial charge is 0.240 e. The van der Waals surface area contributed by atoms with Gasteiger partial charge < -0.3 is 4.42 Å². The molecule has 0 spiro atoms. The van der Waals surface area contributed by atoms with Crippen LogP contribution in [0.1, 0.15) is 30.7 Å². The fourth-order valence-electron chi connectivity index (χ4n) is 2.64. The number of hydrazone groups is 1. The van der Waals surface area contributed by atoms with E-state index in [1.165, 1.54) is 23.3 Å². The van der Waals surface area contributed by atoms with E-state index in [1.54, 1.807) is 36.6 Å². The highest BCUT2D eigenvalue weighted by atomic mass is 32.2. The van der Waals surface area contributed by atoms with Crippen molar-refractivity contribution in [1.82, 2.24) is 5.01 Å². The molecule has 1 aliphatic rings. The fourth-order valence-corrected chi connectivity index (χ4v) is 2.96. The second kappa shape index (κ2) is 6.48. The minimum Gasteiger partial charge on any atom is -0.467 e. The number of hydrogen-bond donors (Lipinski definition) is 1. The predicted octanol–water partition coefficient (Wildman–Crippen LogP) is 1.94. The van der Waals surface area contributed by atoms with Crippen LogP contribution in [0, 0.1) is 0 Å². The van der Waals surface area contributed by atoms with E-state index in [4.69, 9.17) is 4.42 Å². The molecule has 1 aromatic heterocycles. The van der Waals surface area contributed by atoms with Crippen LogP contribution < -0.4 is 4.31 Å². The van der Waals surface area contributed by atoms with Gasteiger partial charge in [-0.15, -0.1) is 0 Å². The van der Waals surface area contributed by atoms with E-state index < -0.39 is 10.9 Å². The molecule has 1 amide bonds. The van der Waals surface area contributed by atoms with Crippen LogP contribution in [0.15, 0.2) is 52.2 Å². The molecule has 1 aliphatic heterocycles. The van der Waals surface area contributed by atoms with Crippen molar-refractivity contribution in [2.75, 3.05) is 11.4 Å². The van der Waals surface area contributed by atoms with E-state index in [0.29, 0.717) is 17.9 Å². The zero-order valence-corrected chi connectivity index (χ0v) is 14.1. The lowest BCUT2D eigenvalue weighted by Crippen LogP contribution is -2.23. The van der Waals surface area contributed by atoms with E-state index in [2.05, 4.69) is 5.10 Å². The van der Waals surface area contributed by atoms with E-state index in [-0.39, 0.29) is 11.9 Å². The number of anilines is 1. The Kier molecular flexibility index (Phi) is 4.39. The standard InChI is InChI=1S/C16H17N3O4S/c1-11(20)19-15(16-4-3-9-23-16)10-14(17-19)12-5-7-13(8-6-12)18(2)24(21)22/h3-9,15,24H,10H2,1-2H3. The first-order valence-corrected chi connectivity index (χ1v) is 8.49.